The van der Waals surface area contributed by atoms with Gasteiger partial charge in [-0.05, 0) is 44.1 Å². The number of hydrogen-bond acceptors (Lipinski definition) is 5. The molecule has 0 bridgehead atoms. The molecule has 1 aliphatic heterocycles. The molecule has 1 aliphatic rings. The Morgan fingerprint density at radius 2 is 2.13 bits per heavy atom. The molecule has 3 heterocycles. The summed E-state index contributed by atoms with van der Waals surface area (Å²) in [5, 5.41) is 15.0. The Balaban J connectivity index is 1.32. The molecule has 8 nitrogen and oxygen atoms in total. The molecule has 1 atom stereocenters. The van der Waals surface area contributed by atoms with E-state index in [1.165, 1.54) is 11.3 Å². The second-order valence-electron chi connectivity index (χ2n) is 7.53. The van der Waals surface area contributed by atoms with Gasteiger partial charge in [0.25, 0.3) is 5.91 Å². The first-order valence-corrected chi connectivity index (χ1v) is 11.2. The number of halogens is 1. The third kappa shape index (κ3) is 5.43. The van der Waals surface area contributed by atoms with Crippen LogP contribution in [0, 0.1) is 5.92 Å². The Labute approximate surface area is 189 Å². The van der Waals surface area contributed by atoms with Crippen molar-refractivity contribution in [3.8, 4) is 5.69 Å². The van der Waals surface area contributed by atoms with E-state index in [1.807, 2.05) is 5.38 Å². The van der Waals surface area contributed by atoms with Crippen LogP contribution in [0.3, 0.4) is 0 Å². The minimum absolute atomic E-state index is 0.0737. The van der Waals surface area contributed by atoms with E-state index in [0.29, 0.717) is 33.7 Å². The topological polar surface area (TPSA) is 91.3 Å². The molecule has 10 heteroatoms. The van der Waals surface area contributed by atoms with Crippen LogP contribution in [-0.4, -0.2) is 53.3 Å². The maximum Gasteiger partial charge on any atom is 0.323 e. The highest BCUT2D eigenvalue weighted by atomic mass is 35.5. The van der Waals surface area contributed by atoms with Gasteiger partial charge < -0.3 is 20.9 Å². The van der Waals surface area contributed by atoms with E-state index in [9.17, 15) is 9.59 Å². The average Bonchev–Trinajstić information content (AvgIpc) is 3.49. The van der Waals surface area contributed by atoms with Crippen molar-refractivity contribution in [1.82, 2.24) is 20.0 Å². The van der Waals surface area contributed by atoms with Crippen LogP contribution in [0.4, 0.5) is 16.2 Å². The Bertz CT molecular complexity index is 1080. The number of thiophene rings is 1. The second-order valence-corrected chi connectivity index (χ2v) is 8.85. The first kappa shape index (κ1) is 21.4. The van der Waals surface area contributed by atoms with Gasteiger partial charge in [-0.2, -0.15) is 5.10 Å². The van der Waals surface area contributed by atoms with Crippen LogP contribution in [-0.2, 0) is 0 Å². The smallest absolute Gasteiger partial charge is 0.323 e. The molecule has 1 aromatic carbocycles. The lowest BCUT2D eigenvalue weighted by molar-refractivity contribution is 0.0951. The maximum absolute atomic E-state index is 12.5. The monoisotopic (exact) mass is 458 g/mol. The van der Waals surface area contributed by atoms with Gasteiger partial charge in [-0.15, -0.1) is 11.3 Å². The summed E-state index contributed by atoms with van der Waals surface area (Å²) in [5.41, 5.74) is 1.80. The zero-order chi connectivity index (χ0) is 21.8. The third-order valence-corrected chi connectivity index (χ3v) is 6.32. The number of hydrogen-bond donors (Lipinski definition) is 3. The van der Waals surface area contributed by atoms with E-state index in [2.05, 4.69) is 33.0 Å². The van der Waals surface area contributed by atoms with E-state index in [0.717, 1.165) is 25.2 Å². The zero-order valence-corrected chi connectivity index (χ0v) is 18.5. The van der Waals surface area contributed by atoms with Gasteiger partial charge in [-0.25, -0.2) is 9.48 Å². The fourth-order valence-corrected chi connectivity index (χ4v) is 4.43. The van der Waals surface area contributed by atoms with Gasteiger partial charge in [-0.3, -0.25) is 4.79 Å². The van der Waals surface area contributed by atoms with Crippen LogP contribution < -0.4 is 16.0 Å². The Morgan fingerprint density at radius 1 is 1.29 bits per heavy atom. The molecule has 0 aliphatic carbocycles. The minimum atomic E-state index is -0.421. The van der Waals surface area contributed by atoms with Gasteiger partial charge in [0.15, 0.2) is 0 Å². The molecule has 0 unspecified atom stereocenters. The highest BCUT2D eigenvalue weighted by Crippen LogP contribution is 2.22. The van der Waals surface area contributed by atoms with Crippen molar-refractivity contribution in [2.24, 2.45) is 5.92 Å². The second kappa shape index (κ2) is 9.51. The summed E-state index contributed by atoms with van der Waals surface area (Å²) < 4.78 is 1.62. The number of nitrogens with one attached hydrogen (secondary N) is 3. The molecule has 162 valence electrons. The number of carbonyl (C=O) groups is 2. The van der Waals surface area contributed by atoms with Crippen LogP contribution in [0.25, 0.3) is 5.69 Å². The van der Waals surface area contributed by atoms with E-state index in [1.54, 1.807) is 47.4 Å². The van der Waals surface area contributed by atoms with Crippen molar-refractivity contribution < 1.29 is 9.59 Å². The summed E-state index contributed by atoms with van der Waals surface area (Å²) >= 11 is 7.42. The molecule has 3 N–H and O–H groups in total. The number of anilines is 2. The predicted octanol–water partition coefficient (Wildman–Crippen LogP) is 3.91. The molecule has 4 rings (SSSR count). The number of aromatic nitrogens is 2. The number of nitrogens with zero attached hydrogens (tertiary/aromatic N) is 3. The molecule has 3 amide bonds. The number of carbonyl (C=O) groups excluding carboxylic acids is 2. The van der Waals surface area contributed by atoms with E-state index >= 15 is 0 Å². The van der Waals surface area contributed by atoms with Gasteiger partial charge in [0.05, 0.1) is 39.4 Å². The summed E-state index contributed by atoms with van der Waals surface area (Å²) in [6.07, 6.45) is 4.34. The number of urea groups is 1. The first-order chi connectivity index (χ1) is 15.0. The van der Waals surface area contributed by atoms with Gasteiger partial charge in [-0.1, -0.05) is 23.7 Å². The first-order valence-electron chi connectivity index (χ1n) is 9.91. The van der Waals surface area contributed by atoms with E-state index in [-0.39, 0.29) is 5.91 Å². The summed E-state index contributed by atoms with van der Waals surface area (Å²) in [7, 11) is 2.10. The lowest BCUT2D eigenvalue weighted by Crippen LogP contribution is -2.29. The summed E-state index contributed by atoms with van der Waals surface area (Å²) in [6.45, 7) is 2.78. The number of likely N-dealkylation sites (tertiary alicyclic amines) is 1. The van der Waals surface area contributed by atoms with Gasteiger partial charge in [0.1, 0.15) is 0 Å². The van der Waals surface area contributed by atoms with Crippen LogP contribution in [0.5, 0.6) is 0 Å². The molecule has 0 spiro atoms. The summed E-state index contributed by atoms with van der Waals surface area (Å²) in [4.78, 5) is 27.6. The van der Waals surface area contributed by atoms with Crippen LogP contribution >= 0.6 is 22.9 Å². The number of benzene rings is 1. The number of amides is 3. The van der Waals surface area contributed by atoms with Gasteiger partial charge in [0, 0.05) is 18.5 Å². The molecule has 3 aromatic rings. The van der Waals surface area contributed by atoms with Crippen LogP contribution in [0.15, 0.2) is 48.1 Å². The van der Waals surface area contributed by atoms with Gasteiger partial charge >= 0.3 is 6.03 Å². The number of rotatable bonds is 6. The summed E-state index contributed by atoms with van der Waals surface area (Å²) in [5.74, 6) is 0.431. The predicted molar refractivity (Wildman–Crippen MR) is 123 cm³/mol. The standard InChI is InChI=1S/C21H23ClN6O2S/c1-27-7-6-14(11-27)9-23-20(29)19-8-16(13-31-19)28-12-15(10-24-28)25-21(30)26-18-5-3-2-4-17(18)22/h2-5,8,10,12-14H,6-7,9,11H2,1H3,(H,23,29)(H2,25,26,30)/t14-/m1/s1. The van der Waals surface area contributed by atoms with Crippen molar-refractivity contribution in [1.29, 1.82) is 0 Å². The molecule has 0 radical (unpaired) electrons. The lowest BCUT2D eigenvalue weighted by Gasteiger charge is -2.10. The van der Waals surface area contributed by atoms with Crippen molar-refractivity contribution in [3.05, 3.63) is 58.0 Å². The fourth-order valence-electron chi connectivity index (χ4n) is 3.46. The van der Waals surface area contributed by atoms with E-state index < -0.39 is 6.03 Å². The normalized spacial score (nSPS) is 16.3. The van der Waals surface area contributed by atoms with Crippen molar-refractivity contribution in [2.45, 2.75) is 6.42 Å². The molecule has 0 saturated carbocycles. The maximum atomic E-state index is 12.5. The van der Waals surface area contributed by atoms with Crippen molar-refractivity contribution >= 4 is 46.3 Å². The Morgan fingerprint density at radius 3 is 2.90 bits per heavy atom. The van der Waals surface area contributed by atoms with Crippen LogP contribution in [0.1, 0.15) is 16.1 Å². The minimum Gasteiger partial charge on any atom is -0.351 e. The quantitative estimate of drug-likeness (QED) is 0.522. The Hall–Kier alpha value is -2.88. The molecular weight excluding hydrogens is 436 g/mol. The highest BCUT2D eigenvalue weighted by Gasteiger charge is 2.20. The zero-order valence-electron chi connectivity index (χ0n) is 17.0. The van der Waals surface area contributed by atoms with Crippen LogP contribution in [0.2, 0.25) is 5.02 Å². The largest absolute Gasteiger partial charge is 0.351 e. The van der Waals surface area contributed by atoms with Gasteiger partial charge in [0.2, 0.25) is 0 Å². The highest BCUT2D eigenvalue weighted by molar-refractivity contribution is 7.12. The molecular formula is C21H23ClN6O2S. The SMILES string of the molecule is CN1CC[C@H](CNC(=O)c2cc(-n3cc(NC(=O)Nc4ccccc4Cl)cn3)cs2)C1. The third-order valence-electron chi connectivity index (χ3n) is 5.08. The number of para-hydroxylation sites is 1. The lowest BCUT2D eigenvalue weighted by atomic mass is 10.1. The molecule has 31 heavy (non-hydrogen) atoms. The fraction of sp³-hybridized carbons (Fsp3) is 0.286. The molecule has 1 fully saturated rings. The Kier molecular flexibility index (Phi) is 6.55. The van der Waals surface area contributed by atoms with Crippen molar-refractivity contribution in [3.63, 3.8) is 0 Å². The molecule has 1 saturated heterocycles. The van der Waals surface area contributed by atoms with Crippen molar-refractivity contribution in [2.75, 3.05) is 37.3 Å². The summed E-state index contributed by atoms with van der Waals surface area (Å²) in [6, 6.07) is 8.37. The van der Waals surface area contributed by atoms with E-state index in [4.69, 9.17) is 11.6 Å². The molecule has 2 aromatic heterocycles. The average molecular weight is 459 g/mol.